The Kier molecular flexibility index (Phi) is 6.55. The van der Waals surface area contributed by atoms with E-state index in [4.69, 9.17) is 11.6 Å². The first-order valence-corrected chi connectivity index (χ1v) is 9.59. The van der Waals surface area contributed by atoms with Crippen LogP contribution in [0.15, 0.2) is 30.5 Å². The van der Waals surface area contributed by atoms with Crippen molar-refractivity contribution in [3.8, 4) is 11.3 Å². The SMILES string of the molecule is CC1CN(CC(=O)N2CCc3cnc(-c4cc(Cl)ccc4F)cc32)CCN1.Cl. The molecular weight excluding hydrogens is 402 g/mol. The molecule has 1 aromatic carbocycles. The van der Waals surface area contributed by atoms with Crippen molar-refractivity contribution >= 4 is 35.6 Å². The molecule has 150 valence electrons. The van der Waals surface area contributed by atoms with Crippen molar-refractivity contribution in [2.75, 3.05) is 37.6 Å². The van der Waals surface area contributed by atoms with Gasteiger partial charge in [-0.1, -0.05) is 11.6 Å². The second-order valence-corrected chi connectivity index (χ2v) is 7.64. The molecule has 4 rings (SSSR count). The molecule has 8 heteroatoms. The predicted molar refractivity (Wildman–Crippen MR) is 112 cm³/mol. The van der Waals surface area contributed by atoms with Gasteiger partial charge in [0.25, 0.3) is 0 Å². The number of nitrogens with one attached hydrogen (secondary N) is 1. The number of rotatable bonds is 3. The summed E-state index contributed by atoms with van der Waals surface area (Å²) in [6.45, 7) is 5.79. The van der Waals surface area contributed by atoms with Crippen molar-refractivity contribution in [1.29, 1.82) is 0 Å². The Morgan fingerprint density at radius 3 is 2.96 bits per heavy atom. The topological polar surface area (TPSA) is 48.5 Å². The van der Waals surface area contributed by atoms with E-state index < -0.39 is 0 Å². The van der Waals surface area contributed by atoms with Crippen molar-refractivity contribution < 1.29 is 9.18 Å². The Balaban J connectivity index is 0.00000225. The van der Waals surface area contributed by atoms with Crippen LogP contribution in [0.1, 0.15) is 12.5 Å². The maximum absolute atomic E-state index is 14.2. The van der Waals surface area contributed by atoms with Gasteiger partial charge in [-0.25, -0.2) is 4.39 Å². The molecule has 1 N–H and O–H groups in total. The number of carbonyl (C=O) groups excluding carboxylic acids is 1. The van der Waals surface area contributed by atoms with E-state index in [0.29, 0.717) is 35.4 Å². The van der Waals surface area contributed by atoms with Crippen molar-refractivity contribution in [2.24, 2.45) is 0 Å². The standard InChI is InChI=1S/C20H22ClFN4O.ClH/c1-13-11-25(7-5-23-13)12-20(27)26-6-4-14-10-24-18(9-19(14)26)16-8-15(21)2-3-17(16)22;/h2-3,8-10,13,23H,4-7,11-12H2,1H3;1H. The van der Waals surface area contributed by atoms with E-state index in [0.717, 1.165) is 37.3 Å². The molecular formula is C20H23Cl2FN4O. The van der Waals surface area contributed by atoms with E-state index >= 15 is 0 Å². The summed E-state index contributed by atoms with van der Waals surface area (Å²) in [7, 11) is 0. The number of aromatic nitrogens is 1. The third kappa shape index (κ3) is 4.30. The molecule has 1 unspecified atom stereocenters. The number of nitrogens with zero attached hydrogens (tertiary/aromatic N) is 3. The van der Waals surface area contributed by atoms with E-state index in [-0.39, 0.29) is 24.1 Å². The number of anilines is 1. The molecule has 2 aliphatic rings. The lowest BCUT2D eigenvalue weighted by atomic mass is 10.1. The molecule has 0 aliphatic carbocycles. The zero-order valence-electron chi connectivity index (χ0n) is 15.6. The van der Waals surface area contributed by atoms with Crippen molar-refractivity contribution in [1.82, 2.24) is 15.2 Å². The van der Waals surface area contributed by atoms with Crippen LogP contribution in [-0.2, 0) is 11.2 Å². The molecule has 1 aromatic heterocycles. The fourth-order valence-electron chi connectivity index (χ4n) is 3.80. The van der Waals surface area contributed by atoms with Crippen LogP contribution in [-0.4, -0.2) is 54.6 Å². The minimum atomic E-state index is -0.377. The van der Waals surface area contributed by atoms with Gasteiger partial charge < -0.3 is 10.2 Å². The molecule has 5 nitrogen and oxygen atoms in total. The van der Waals surface area contributed by atoms with Gasteiger partial charge in [0.1, 0.15) is 5.82 Å². The largest absolute Gasteiger partial charge is 0.312 e. The van der Waals surface area contributed by atoms with Gasteiger partial charge in [-0.2, -0.15) is 0 Å². The fourth-order valence-corrected chi connectivity index (χ4v) is 3.97. The van der Waals surface area contributed by atoms with Gasteiger partial charge in [0.2, 0.25) is 5.91 Å². The number of pyridine rings is 1. The predicted octanol–water partition coefficient (Wildman–Crippen LogP) is 3.15. The highest BCUT2D eigenvalue weighted by molar-refractivity contribution is 6.30. The number of fused-ring (bicyclic) bond motifs is 1. The molecule has 1 fully saturated rings. The molecule has 0 radical (unpaired) electrons. The molecule has 0 saturated carbocycles. The Morgan fingerprint density at radius 2 is 2.18 bits per heavy atom. The second kappa shape index (κ2) is 8.74. The quantitative estimate of drug-likeness (QED) is 0.821. The summed E-state index contributed by atoms with van der Waals surface area (Å²) in [6, 6.07) is 6.60. The summed E-state index contributed by atoms with van der Waals surface area (Å²) in [4.78, 5) is 21.3. The molecule has 3 heterocycles. The van der Waals surface area contributed by atoms with Crippen LogP contribution in [0.2, 0.25) is 5.02 Å². The maximum atomic E-state index is 14.2. The molecule has 2 aliphatic heterocycles. The first-order chi connectivity index (χ1) is 13.0. The van der Waals surface area contributed by atoms with Gasteiger partial charge in [-0.3, -0.25) is 14.7 Å². The lowest BCUT2D eigenvalue weighted by molar-refractivity contribution is -0.119. The lowest BCUT2D eigenvalue weighted by Crippen LogP contribution is -2.52. The Morgan fingerprint density at radius 1 is 1.36 bits per heavy atom. The van der Waals surface area contributed by atoms with E-state index in [9.17, 15) is 9.18 Å². The minimum absolute atomic E-state index is 0. The third-order valence-corrected chi connectivity index (χ3v) is 5.41. The summed E-state index contributed by atoms with van der Waals surface area (Å²) in [5, 5.41) is 3.84. The van der Waals surface area contributed by atoms with Crippen LogP contribution in [0.3, 0.4) is 0 Å². The number of hydrogen-bond donors (Lipinski definition) is 1. The highest BCUT2D eigenvalue weighted by atomic mass is 35.5. The van der Waals surface area contributed by atoms with Gasteiger partial charge in [0, 0.05) is 49.0 Å². The van der Waals surface area contributed by atoms with Crippen LogP contribution in [0.4, 0.5) is 10.1 Å². The zero-order chi connectivity index (χ0) is 19.0. The highest BCUT2D eigenvalue weighted by Gasteiger charge is 2.28. The maximum Gasteiger partial charge on any atom is 0.241 e. The average Bonchev–Trinajstić information content (AvgIpc) is 3.07. The minimum Gasteiger partial charge on any atom is -0.312 e. The van der Waals surface area contributed by atoms with Gasteiger partial charge in [0.05, 0.1) is 17.9 Å². The van der Waals surface area contributed by atoms with E-state index in [2.05, 4.69) is 22.1 Å². The fraction of sp³-hybridized carbons (Fsp3) is 0.400. The molecule has 1 amide bonds. The van der Waals surface area contributed by atoms with Gasteiger partial charge in [-0.05, 0) is 43.2 Å². The Bertz CT molecular complexity index is 879. The molecule has 0 bridgehead atoms. The summed E-state index contributed by atoms with van der Waals surface area (Å²) < 4.78 is 14.2. The summed E-state index contributed by atoms with van der Waals surface area (Å²) in [5.41, 5.74) is 2.68. The number of piperazine rings is 1. The Labute approximate surface area is 175 Å². The second-order valence-electron chi connectivity index (χ2n) is 7.21. The van der Waals surface area contributed by atoms with Crippen LogP contribution >= 0.6 is 24.0 Å². The molecule has 28 heavy (non-hydrogen) atoms. The number of hydrogen-bond acceptors (Lipinski definition) is 4. The van der Waals surface area contributed by atoms with E-state index in [1.807, 2.05) is 0 Å². The smallest absolute Gasteiger partial charge is 0.241 e. The van der Waals surface area contributed by atoms with Crippen LogP contribution in [0.25, 0.3) is 11.3 Å². The molecule has 1 atom stereocenters. The van der Waals surface area contributed by atoms with Crippen molar-refractivity contribution in [3.05, 3.63) is 46.9 Å². The van der Waals surface area contributed by atoms with Gasteiger partial charge in [-0.15, -0.1) is 12.4 Å². The molecule has 0 spiro atoms. The number of halogens is 3. The van der Waals surface area contributed by atoms with E-state index in [1.165, 1.54) is 12.1 Å². The normalized spacial score (nSPS) is 19.2. The average molecular weight is 425 g/mol. The van der Waals surface area contributed by atoms with Gasteiger partial charge >= 0.3 is 0 Å². The van der Waals surface area contributed by atoms with Crippen LogP contribution in [0.5, 0.6) is 0 Å². The first kappa shape index (κ1) is 21.0. The van der Waals surface area contributed by atoms with Crippen LogP contribution < -0.4 is 10.2 Å². The third-order valence-electron chi connectivity index (χ3n) is 5.17. The lowest BCUT2D eigenvalue weighted by Gasteiger charge is -2.32. The van der Waals surface area contributed by atoms with Crippen molar-refractivity contribution in [3.63, 3.8) is 0 Å². The summed E-state index contributed by atoms with van der Waals surface area (Å²) in [5.74, 6) is -0.302. The molecule has 1 saturated heterocycles. The monoisotopic (exact) mass is 424 g/mol. The number of carbonyl (C=O) groups is 1. The van der Waals surface area contributed by atoms with Crippen molar-refractivity contribution in [2.45, 2.75) is 19.4 Å². The Hall–Kier alpha value is -1.73. The first-order valence-electron chi connectivity index (χ1n) is 9.22. The van der Waals surface area contributed by atoms with Gasteiger partial charge in [0.15, 0.2) is 0 Å². The zero-order valence-corrected chi connectivity index (χ0v) is 17.2. The number of amides is 1. The highest BCUT2D eigenvalue weighted by Crippen LogP contribution is 2.33. The number of benzene rings is 1. The molecule has 2 aromatic rings. The van der Waals surface area contributed by atoms with Crippen LogP contribution in [0, 0.1) is 5.82 Å². The van der Waals surface area contributed by atoms with E-state index in [1.54, 1.807) is 23.2 Å². The summed E-state index contributed by atoms with van der Waals surface area (Å²) in [6.07, 6.45) is 2.51. The summed E-state index contributed by atoms with van der Waals surface area (Å²) >= 11 is 6.01.